The minimum atomic E-state index is -0.344. The number of ether oxygens (including phenoxy) is 1. The maximum Gasteiger partial charge on any atom is 0.273 e. The van der Waals surface area contributed by atoms with Crippen molar-refractivity contribution in [2.75, 3.05) is 19.0 Å². The zero-order valence-corrected chi connectivity index (χ0v) is 16.9. The molecule has 1 aliphatic rings. The highest BCUT2D eigenvalue weighted by atomic mass is 16.5. The number of anilines is 1. The van der Waals surface area contributed by atoms with E-state index in [1.165, 1.54) is 18.8 Å². The standard InChI is InChI=1S/C23H24N4O3/c1-30-14-16-9-10-19(18-8-3-2-7-17(16)18)22(28)27-21-20(24-11-12-25-21)23(29)26-13-15-5-4-6-15/h2-3,7-12,15H,4-6,13-14H2,1H3,(H,26,29)(H,25,27,28). The van der Waals surface area contributed by atoms with Gasteiger partial charge in [-0.2, -0.15) is 0 Å². The minimum Gasteiger partial charge on any atom is -0.380 e. The summed E-state index contributed by atoms with van der Waals surface area (Å²) in [5, 5.41) is 7.42. The molecule has 0 spiro atoms. The molecule has 0 saturated heterocycles. The normalized spacial score (nSPS) is 13.6. The Labute approximate surface area is 174 Å². The van der Waals surface area contributed by atoms with Gasteiger partial charge in [-0.15, -0.1) is 0 Å². The van der Waals surface area contributed by atoms with Gasteiger partial charge >= 0.3 is 0 Å². The van der Waals surface area contributed by atoms with Crippen molar-refractivity contribution >= 4 is 28.4 Å². The van der Waals surface area contributed by atoms with Crippen LogP contribution >= 0.6 is 0 Å². The van der Waals surface area contributed by atoms with Crippen LogP contribution in [0.4, 0.5) is 5.82 Å². The van der Waals surface area contributed by atoms with E-state index in [2.05, 4.69) is 20.6 Å². The Balaban J connectivity index is 1.57. The molecule has 154 valence electrons. The molecule has 1 aliphatic carbocycles. The van der Waals surface area contributed by atoms with Crippen molar-refractivity contribution < 1.29 is 14.3 Å². The molecule has 1 saturated carbocycles. The molecule has 7 nitrogen and oxygen atoms in total. The van der Waals surface area contributed by atoms with Crippen molar-refractivity contribution in [2.45, 2.75) is 25.9 Å². The summed E-state index contributed by atoms with van der Waals surface area (Å²) in [5.74, 6) is 0.00797. The van der Waals surface area contributed by atoms with E-state index < -0.39 is 0 Å². The molecule has 3 aromatic rings. The third-order valence-corrected chi connectivity index (χ3v) is 5.48. The predicted molar refractivity (Wildman–Crippen MR) is 114 cm³/mol. The van der Waals surface area contributed by atoms with Gasteiger partial charge in [0.1, 0.15) is 0 Å². The van der Waals surface area contributed by atoms with Gasteiger partial charge in [-0.1, -0.05) is 36.8 Å². The lowest BCUT2D eigenvalue weighted by molar-refractivity contribution is 0.0934. The number of nitrogens with zero attached hydrogens (tertiary/aromatic N) is 2. The first-order valence-electron chi connectivity index (χ1n) is 10.1. The Kier molecular flexibility index (Phi) is 5.99. The van der Waals surface area contributed by atoms with Crippen molar-refractivity contribution in [3.8, 4) is 0 Å². The highest BCUT2D eigenvalue weighted by Gasteiger charge is 2.22. The van der Waals surface area contributed by atoms with Crippen LogP contribution < -0.4 is 10.6 Å². The van der Waals surface area contributed by atoms with Gasteiger partial charge in [-0.05, 0) is 41.2 Å². The summed E-state index contributed by atoms with van der Waals surface area (Å²) >= 11 is 0. The fraction of sp³-hybridized carbons (Fsp3) is 0.304. The summed E-state index contributed by atoms with van der Waals surface area (Å²) in [6, 6.07) is 11.3. The SMILES string of the molecule is COCc1ccc(C(=O)Nc2nccnc2C(=O)NCC2CCC2)c2ccccc12. The van der Waals surface area contributed by atoms with E-state index in [4.69, 9.17) is 4.74 Å². The lowest BCUT2D eigenvalue weighted by Gasteiger charge is -2.25. The zero-order chi connectivity index (χ0) is 20.9. The number of benzene rings is 2. The average molecular weight is 404 g/mol. The Bertz CT molecular complexity index is 1080. The first-order valence-corrected chi connectivity index (χ1v) is 10.1. The van der Waals surface area contributed by atoms with Crippen LogP contribution in [0, 0.1) is 5.92 Å². The highest BCUT2D eigenvalue weighted by Crippen LogP contribution is 2.26. The van der Waals surface area contributed by atoms with Crippen LogP contribution in [0.5, 0.6) is 0 Å². The third-order valence-electron chi connectivity index (χ3n) is 5.48. The van der Waals surface area contributed by atoms with Crippen molar-refractivity contribution in [1.29, 1.82) is 0 Å². The molecule has 0 atom stereocenters. The first kappa shape index (κ1) is 20.0. The van der Waals surface area contributed by atoms with Gasteiger partial charge in [0, 0.05) is 31.6 Å². The van der Waals surface area contributed by atoms with Gasteiger partial charge in [-0.3, -0.25) is 9.59 Å². The molecule has 30 heavy (non-hydrogen) atoms. The molecular formula is C23H24N4O3. The van der Waals surface area contributed by atoms with E-state index in [9.17, 15) is 9.59 Å². The van der Waals surface area contributed by atoms with Gasteiger partial charge < -0.3 is 15.4 Å². The molecule has 2 aromatic carbocycles. The smallest absolute Gasteiger partial charge is 0.273 e. The summed E-state index contributed by atoms with van der Waals surface area (Å²) in [4.78, 5) is 34.0. The van der Waals surface area contributed by atoms with Crippen molar-refractivity contribution in [3.05, 3.63) is 65.6 Å². The molecule has 2 N–H and O–H groups in total. The number of methoxy groups -OCH3 is 1. The van der Waals surface area contributed by atoms with Crippen LogP contribution in [0.2, 0.25) is 0 Å². The Morgan fingerprint density at radius 3 is 2.53 bits per heavy atom. The Morgan fingerprint density at radius 2 is 1.80 bits per heavy atom. The molecule has 0 aliphatic heterocycles. The second-order valence-electron chi connectivity index (χ2n) is 7.47. The lowest BCUT2D eigenvalue weighted by atomic mass is 9.85. The number of fused-ring (bicyclic) bond motifs is 1. The number of hydrogen-bond donors (Lipinski definition) is 2. The van der Waals surface area contributed by atoms with Crippen LogP contribution in [-0.4, -0.2) is 35.4 Å². The second kappa shape index (κ2) is 9.00. The predicted octanol–water partition coefficient (Wildman–Crippen LogP) is 3.56. The van der Waals surface area contributed by atoms with Crippen molar-refractivity contribution in [2.24, 2.45) is 5.92 Å². The summed E-state index contributed by atoms with van der Waals surface area (Å²) < 4.78 is 5.26. The molecule has 1 aromatic heterocycles. The van der Waals surface area contributed by atoms with Crippen molar-refractivity contribution in [3.63, 3.8) is 0 Å². The van der Waals surface area contributed by atoms with Gasteiger partial charge in [0.15, 0.2) is 11.5 Å². The molecule has 7 heteroatoms. The fourth-order valence-electron chi connectivity index (χ4n) is 3.63. The topological polar surface area (TPSA) is 93.2 Å². The summed E-state index contributed by atoms with van der Waals surface area (Å²) in [5.41, 5.74) is 1.61. The van der Waals surface area contributed by atoms with Gasteiger partial charge in [0.05, 0.1) is 6.61 Å². The van der Waals surface area contributed by atoms with Crippen LogP contribution in [0.15, 0.2) is 48.8 Å². The van der Waals surface area contributed by atoms with Crippen molar-refractivity contribution in [1.82, 2.24) is 15.3 Å². The number of aromatic nitrogens is 2. The maximum absolute atomic E-state index is 13.1. The highest BCUT2D eigenvalue weighted by molar-refractivity contribution is 6.14. The van der Waals surface area contributed by atoms with E-state index in [1.54, 1.807) is 13.2 Å². The Morgan fingerprint density at radius 1 is 1.03 bits per heavy atom. The lowest BCUT2D eigenvalue weighted by Crippen LogP contribution is -2.33. The van der Waals surface area contributed by atoms with E-state index >= 15 is 0 Å². The summed E-state index contributed by atoms with van der Waals surface area (Å²) in [6.07, 6.45) is 6.39. The molecule has 1 heterocycles. The summed E-state index contributed by atoms with van der Waals surface area (Å²) in [6.45, 7) is 1.08. The molecule has 0 bridgehead atoms. The minimum absolute atomic E-state index is 0.116. The van der Waals surface area contributed by atoms with Gasteiger partial charge in [0.25, 0.3) is 11.8 Å². The van der Waals surface area contributed by atoms with Crippen LogP contribution in [-0.2, 0) is 11.3 Å². The molecular weight excluding hydrogens is 380 g/mol. The maximum atomic E-state index is 13.1. The number of carbonyl (C=O) groups excluding carboxylic acids is 2. The Hall–Kier alpha value is -3.32. The fourth-order valence-corrected chi connectivity index (χ4v) is 3.63. The average Bonchev–Trinajstić information content (AvgIpc) is 2.73. The van der Waals surface area contributed by atoms with Crippen LogP contribution in [0.25, 0.3) is 10.8 Å². The van der Waals surface area contributed by atoms with Gasteiger partial charge in [-0.25, -0.2) is 9.97 Å². The molecule has 2 amide bonds. The van der Waals surface area contributed by atoms with E-state index in [1.807, 2.05) is 30.3 Å². The van der Waals surface area contributed by atoms with Crippen LogP contribution in [0.3, 0.4) is 0 Å². The van der Waals surface area contributed by atoms with Gasteiger partial charge in [0.2, 0.25) is 0 Å². The number of rotatable bonds is 7. The van der Waals surface area contributed by atoms with E-state index in [0.29, 0.717) is 24.6 Å². The first-order chi connectivity index (χ1) is 14.7. The monoisotopic (exact) mass is 404 g/mol. The zero-order valence-electron chi connectivity index (χ0n) is 16.9. The van der Waals surface area contributed by atoms with E-state index in [-0.39, 0.29) is 23.3 Å². The number of hydrogen-bond acceptors (Lipinski definition) is 5. The molecule has 1 fully saturated rings. The molecule has 0 radical (unpaired) electrons. The van der Waals surface area contributed by atoms with E-state index in [0.717, 1.165) is 29.2 Å². The summed E-state index contributed by atoms with van der Waals surface area (Å²) in [7, 11) is 1.64. The quantitative estimate of drug-likeness (QED) is 0.628. The number of amides is 2. The second-order valence-corrected chi connectivity index (χ2v) is 7.47. The largest absolute Gasteiger partial charge is 0.380 e. The number of nitrogens with one attached hydrogen (secondary N) is 2. The third kappa shape index (κ3) is 4.16. The van der Waals surface area contributed by atoms with Crippen LogP contribution in [0.1, 0.15) is 45.7 Å². The number of carbonyl (C=O) groups is 2. The molecule has 0 unspecified atom stereocenters. The molecule has 4 rings (SSSR count).